The van der Waals surface area contributed by atoms with E-state index in [-0.39, 0.29) is 5.91 Å². The molecule has 1 aromatic heterocycles. The first kappa shape index (κ1) is 17.4. The summed E-state index contributed by atoms with van der Waals surface area (Å²) in [5, 5.41) is 4.07. The quantitative estimate of drug-likeness (QED) is 0.828. The zero-order valence-corrected chi connectivity index (χ0v) is 14.8. The molecular weight excluding hydrogens is 320 g/mol. The van der Waals surface area contributed by atoms with Crippen LogP contribution in [0.1, 0.15) is 25.7 Å². The van der Waals surface area contributed by atoms with Gasteiger partial charge in [-0.1, -0.05) is 12.1 Å². The van der Waals surface area contributed by atoms with E-state index in [4.69, 9.17) is 9.26 Å². The Morgan fingerprint density at radius 1 is 1.20 bits per heavy atom. The number of hydrogen-bond acceptors (Lipinski definition) is 6. The molecule has 25 heavy (non-hydrogen) atoms. The van der Waals surface area contributed by atoms with Gasteiger partial charge < -0.3 is 14.2 Å². The van der Waals surface area contributed by atoms with Crippen molar-refractivity contribution < 1.29 is 14.1 Å². The van der Waals surface area contributed by atoms with Crippen molar-refractivity contribution in [3.63, 3.8) is 0 Å². The topological polar surface area (TPSA) is 71.7 Å². The Kier molecular flexibility index (Phi) is 5.65. The van der Waals surface area contributed by atoms with E-state index < -0.39 is 0 Å². The van der Waals surface area contributed by atoms with Gasteiger partial charge in [-0.3, -0.25) is 9.69 Å². The summed E-state index contributed by atoms with van der Waals surface area (Å²) < 4.78 is 10.6. The minimum absolute atomic E-state index is 0.224. The summed E-state index contributed by atoms with van der Waals surface area (Å²) in [5.41, 5.74) is 0.895. The molecule has 0 bridgehead atoms. The highest BCUT2D eigenvalue weighted by Crippen LogP contribution is 2.20. The van der Waals surface area contributed by atoms with Crippen LogP contribution in [0.5, 0.6) is 5.75 Å². The summed E-state index contributed by atoms with van der Waals surface area (Å²) in [4.78, 5) is 20.5. The van der Waals surface area contributed by atoms with E-state index in [0.717, 1.165) is 43.9 Å². The molecule has 1 fully saturated rings. The van der Waals surface area contributed by atoms with Crippen molar-refractivity contribution >= 4 is 5.91 Å². The summed E-state index contributed by atoms with van der Waals surface area (Å²) in [6.07, 6.45) is 1.53. The third-order valence-corrected chi connectivity index (χ3v) is 4.42. The number of rotatable bonds is 5. The van der Waals surface area contributed by atoms with Crippen LogP contribution < -0.4 is 4.74 Å². The summed E-state index contributed by atoms with van der Waals surface area (Å²) in [5.74, 6) is 2.20. The van der Waals surface area contributed by atoms with E-state index in [1.165, 1.54) is 0 Å². The normalized spacial score (nSPS) is 15.8. The van der Waals surface area contributed by atoms with Gasteiger partial charge in [0.15, 0.2) is 0 Å². The lowest BCUT2D eigenvalue weighted by Gasteiger charge is -2.20. The molecule has 2 heterocycles. The first-order valence-electron chi connectivity index (χ1n) is 8.66. The SMILES string of the molecule is CCC(=O)N1CCCN(Cc2nc(-c3ccc(OC)cc3)no2)CC1. The molecular formula is C18H24N4O3. The number of ether oxygens (including phenoxy) is 1. The molecule has 0 radical (unpaired) electrons. The van der Waals surface area contributed by atoms with Crippen LogP contribution in [0.25, 0.3) is 11.4 Å². The summed E-state index contributed by atoms with van der Waals surface area (Å²) >= 11 is 0. The molecule has 1 aliphatic rings. The Hall–Kier alpha value is -2.41. The highest BCUT2D eigenvalue weighted by molar-refractivity contribution is 5.75. The Bertz CT molecular complexity index is 699. The minimum Gasteiger partial charge on any atom is -0.497 e. The van der Waals surface area contributed by atoms with Crippen LogP contribution in [0.4, 0.5) is 0 Å². The number of carbonyl (C=O) groups excluding carboxylic acids is 1. The summed E-state index contributed by atoms with van der Waals surface area (Å²) in [6.45, 7) is 5.84. The number of carbonyl (C=O) groups is 1. The molecule has 0 unspecified atom stereocenters. The molecule has 1 saturated heterocycles. The van der Waals surface area contributed by atoms with Gasteiger partial charge in [0.05, 0.1) is 13.7 Å². The predicted octanol–water partition coefficient (Wildman–Crippen LogP) is 2.19. The molecule has 0 saturated carbocycles. The second kappa shape index (κ2) is 8.11. The number of methoxy groups -OCH3 is 1. The molecule has 0 atom stereocenters. The van der Waals surface area contributed by atoms with E-state index in [1.54, 1.807) is 7.11 Å². The number of nitrogens with zero attached hydrogens (tertiary/aromatic N) is 4. The van der Waals surface area contributed by atoms with E-state index in [0.29, 0.717) is 24.7 Å². The fraction of sp³-hybridized carbons (Fsp3) is 0.500. The van der Waals surface area contributed by atoms with Crippen molar-refractivity contribution in [2.75, 3.05) is 33.3 Å². The maximum Gasteiger partial charge on any atom is 0.241 e. The van der Waals surface area contributed by atoms with Crippen molar-refractivity contribution in [2.24, 2.45) is 0 Å². The van der Waals surface area contributed by atoms with Gasteiger partial charge in [0.2, 0.25) is 17.6 Å². The molecule has 0 spiro atoms. The third kappa shape index (κ3) is 4.36. The Balaban J connectivity index is 1.60. The largest absolute Gasteiger partial charge is 0.497 e. The lowest BCUT2D eigenvalue weighted by Crippen LogP contribution is -2.34. The van der Waals surface area contributed by atoms with Gasteiger partial charge >= 0.3 is 0 Å². The average molecular weight is 344 g/mol. The lowest BCUT2D eigenvalue weighted by molar-refractivity contribution is -0.130. The first-order chi connectivity index (χ1) is 12.2. The smallest absolute Gasteiger partial charge is 0.241 e. The van der Waals surface area contributed by atoms with Crippen LogP contribution in [0, 0.1) is 0 Å². The number of benzene rings is 1. The maximum atomic E-state index is 11.8. The molecule has 0 aliphatic carbocycles. The van der Waals surface area contributed by atoms with Crippen molar-refractivity contribution in [3.8, 4) is 17.1 Å². The van der Waals surface area contributed by atoms with Gasteiger partial charge in [-0.25, -0.2) is 0 Å². The molecule has 1 aliphatic heterocycles. The van der Waals surface area contributed by atoms with Gasteiger partial charge in [0.25, 0.3) is 0 Å². The monoisotopic (exact) mass is 344 g/mol. The van der Waals surface area contributed by atoms with Crippen molar-refractivity contribution in [2.45, 2.75) is 26.3 Å². The standard InChI is InChI=1S/C18H24N4O3/c1-3-17(23)22-10-4-9-21(11-12-22)13-16-19-18(20-25-16)14-5-7-15(24-2)8-6-14/h5-8H,3-4,9-13H2,1-2H3. The van der Waals surface area contributed by atoms with Gasteiger partial charge in [0, 0.05) is 38.2 Å². The fourth-order valence-corrected chi connectivity index (χ4v) is 2.97. The Morgan fingerprint density at radius 2 is 2.00 bits per heavy atom. The zero-order valence-electron chi connectivity index (χ0n) is 14.8. The molecule has 0 N–H and O–H groups in total. The second-order valence-electron chi connectivity index (χ2n) is 6.10. The van der Waals surface area contributed by atoms with Crippen LogP contribution >= 0.6 is 0 Å². The third-order valence-electron chi connectivity index (χ3n) is 4.42. The highest BCUT2D eigenvalue weighted by Gasteiger charge is 2.19. The van der Waals surface area contributed by atoms with Gasteiger partial charge in [0.1, 0.15) is 5.75 Å². The van der Waals surface area contributed by atoms with E-state index in [9.17, 15) is 4.79 Å². The van der Waals surface area contributed by atoms with Crippen LogP contribution in [0.15, 0.2) is 28.8 Å². The number of amides is 1. The lowest BCUT2D eigenvalue weighted by atomic mass is 10.2. The fourth-order valence-electron chi connectivity index (χ4n) is 2.97. The Morgan fingerprint density at radius 3 is 2.72 bits per heavy atom. The van der Waals surface area contributed by atoms with Crippen LogP contribution in [-0.2, 0) is 11.3 Å². The first-order valence-corrected chi connectivity index (χ1v) is 8.66. The van der Waals surface area contributed by atoms with E-state index >= 15 is 0 Å². The van der Waals surface area contributed by atoms with Crippen LogP contribution in [-0.4, -0.2) is 59.1 Å². The maximum absolute atomic E-state index is 11.8. The molecule has 7 heteroatoms. The summed E-state index contributed by atoms with van der Waals surface area (Å²) in [6, 6.07) is 7.57. The van der Waals surface area contributed by atoms with E-state index in [1.807, 2.05) is 36.1 Å². The molecule has 7 nitrogen and oxygen atoms in total. The van der Waals surface area contributed by atoms with Gasteiger partial charge in [-0.05, 0) is 30.7 Å². The molecule has 2 aromatic rings. The average Bonchev–Trinajstić information content (AvgIpc) is 2.99. The van der Waals surface area contributed by atoms with Crippen molar-refractivity contribution in [1.29, 1.82) is 0 Å². The van der Waals surface area contributed by atoms with Crippen LogP contribution in [0.3, 0.4) is 0 Å². The van der Waals surface area contributed by atoms with Crippen LogP contribution in [0.2, 0.25) is 0 Å². The molecule has 1 aromatic carbocycles. The number of hydrogen-bond donors (Lipinski definition) is 0. The van der Waals surface area contributed by atoms with Crippen molar-refractivity contribution in [1.82, 2.24) is 19.9 Å². The Labute approximate surface area is 147 Å². The van der Waals surface area contributed by atoms with E-state index in [2.05, 4.69) is 15.0 Å². The molecule has 3 rings (SSSR count). The summed E-state index contributed by atoms with van der Waals surface area (Å²) in [7, 11) is 1.64. The van der Waals surface area contributed by atoms with Gasteiger partial charge in [-0.15, -0.1) is 0 Å². The zero-order chi connectivity index (χ0) is 17.6. The molecule has 1 amide bonds. The second-order valence-corrected chi connectivity index (χ2v) is 6.10. The number of aromatic nitrogens is 2. The highest BCUT2D eigenvalue weighted by atomic mass is 16.5. The minimum atomic E-state index is 0.224. The van der Waals surface area contributed by atoms with Crippen molar-refractivity contribution in [3.05, 3.63) is 30.2 Å². The van der Waals surface area contributed by atoms with Gasteiger partial charge in [-0.2, -0.15) is 4.98 Å². The predicted molar refractivity (Wildman–Crippen MR) is 93.1 cm³/mol. The molecule has 134 valence electrons.